The van der Waals surface area contributed by atoms with Crippen LogP contribution in [0.1, 0.15) is 43.8 Å². The molecule has 1 atom stereocenters. The summed E-state index contributed by atoms with van der Waals surface area (Å²) in [6, 6.07) is 2.35. The molecule has 216 valence electrons. The fourth-order valence-electron chi connectivity index (χ4n) is 4.52. The summed E-state index contributed by atoms with van der Waals surface area (Å²) < 4.78 is 91.8. The summed E-state index contributed by atoms with van der Waals surface area (Å²) in [5.74, 6) is -6.47. The van der Waals surface area contributed by atoms with Crippen molar-refractivity contribution in [1.82, 2.24) is 20.2 Å². The number of imidazole rings is 1. The second kappa shape index (κ2) is 10.1. The number of nitrogens with one attached hydrogen (secondary N) is 3. The van der Waals surface area contributed by atoms with E-state index in [0.717, 1.165) is 16.7 Å². The van der Waals surface area contributed by atoms with Crippen LogP contribution in [0, 0.1) is 11.6 Å². The Bertz CT molecular complexity index is 1710. The van der Waals surface area contributed by atoms with Crippen LogP contribution in [0.3, 0.4) is 0 Å². The van der Waals surface area contributed by atoms with Crippen LogP contribution in [-0.2, 0) is 27.4 Å². The van der Waals surface area contributed by atoms with E-state index in [0.29, 0.717) is 12.1 Å². The van der Waals surface area contributed by atoms with Gasteiger partial charge in [0.15, 0.2) is 15.7 Å². The van der Waals surface area contributed by atoms with E-state index in [1.807, 2.05) is 0 Å². The topological polar surface area (TPSA) is 139 Å². The minimum Gasteiger partial charge on any atom is -0.345 e. The number of halogens is 6. The van der Waals surface area contributed by atoms with Crippen LogP contribution in [0.15, 0.2) is 36.4 Å². The Balaban J connectivity index is 1.59. The number of hydrogen-bond acceptors (Lipinski definition) is 6. The van der Waals surface area contributed by atoms with Crippen molar-refractivity contribution in [2.45, 2.75) is 24.8 Å². The second-order valence-electron chi connectivity index (χ2n) is 9.35. The first-order chi connectivity index (χ1) is 19.1. The predicted molar refractivity (Wildman–Crippen MR) is 133 cm³/mol. The molecule has 0 spiro atoms. The van der Waals surface area contributed by atoms with E-state index in [9.17, 15) is 44.8 Å². The third-order valence-electron chi connectivity index (χ3n) is 6.32. The lowest BCUT2D eigenvalue weighted by Gasteiger charge is -2.29. The molecule has 17 heteroatoms. The van der Waals surface area contributed by atoms with Gasteiger partial charge in [-0.1, -0.05) is 11.6 Å². The predicted octanol–water partition coefficient (Wildman–Crippen LogP) is 2.83. The zero-order valence-corrected chi connectivity index (χ0v) is 21.9. The fourth-order valence-corrected chi connectivity index (χ4v) is 6.05. The molecule has 0 saturated carbocycles. The Morgan fingerprint density at radius 3 is 2.41 bits per heavy atom. The van der Waals surface area contributed by atoms with Crippen molar-refractivity contribution < 1.29 is 44.8 Å². The first-order valence-corrected chi connectivity index (χ1v) is 13.9. The number of sulfone groups is 1. The van der Waals surface area contributed by atoms with E-state index >= 15 is 0 Å². The van der Waals surface area contributed by atoms with Gasteiger partial charge in [0, 0.05) is 16.1 Å². The van der Waals surface area contributed by atoms with E-state index in [1.165, 1.54) is 6.07 Å². The lowest BCUT2D eigenvalue weighted by Crippen LogP contribution is -2.53. The summed E-state index contributed by atoms with van der Waals surface area (Å²) in [5, 5.41) is 7.23. The lowest BCUT2D eigenvalue weighted by molar-refractivity contribution is -0.137. The molecule has 3 aromatic rings. The standard InChI is InChI=1S/C24H17ClF5N5O5S/c25-16-2-1-12(26)6-15(16)18-19-20(34-22(37)10-3-11(24(28,29)30)5-13(27)4-10)33-21(35(19)7-17(36)32-18)23(38)31-14-8-41(39,40)9-14/h1-6,14,18H,7-9H2,(H,31,38)(H,32,36)(H,34,37). The van der Waals surface area contributed by atoms with E-state index in [-0.39, 0.29) is 33.9 Å². The van der Waals surface area contributed by atoms with Gasteiger partial charge < -0.3 is 20.5 Å². The molecular weight excluding hydrogens is 601 g/mol. The largest absolute Gasteiger partial charge is 0.416 e. The zero-order valence-electron chi connectivity index (χ0n) is 20.4. The molecular formula is C24H17ClF5N5O5S. The normalized spacial score (nSPS) is 18.2. The van der Waals surface area contributed by atoms with Gasteiger partial charge >= 0.3 is 6.18 Å². The second-order valence-corrected chi connectivity index (χ2v) is 11.9. The third kappa shape index (κ3) is 5.74. The Morgan fingerprint density at radius 1 is 1.05 bits per heavy atom. The number of hydrogen-bond donors (Lipinski definition) is 3. The van der Waals surface area contributed by atoms with Crippen molar-refractivity contribution in [1.29, 1.82) is 0 Å². The zero-order chi connectivity index (χ0) is 29.9. The number of fused-ring (bicyclic) bond motifs is 1. The molecule has 1 aromatic heterocycles. The highest BCUT2D eigenvalue weighted by Crippen LogP contribution is 2.36. The summed E-state index contributed by atoms with van der Waals surface area (Å²) in [7, 11) is -3.32. The molecule has 5 rings (SSSR count). The Morgan fingerprint density at radius 2 is 1.76 bits per heavy atom. The van der Waals surface area contributed by atoms with E-state index in [2.05, 4.69) is 20.9 Å². The fraction of sp³-hybridized carbons (Fsp3) is 0.250. The molecule has 1 fully saturated rings. The number of benzene rings is 2. The smallest absolute Gasteiger partial charge is 0.345 e. The van der Waals surface area contributed by atoms with E-state index in [1.54, 1.807) is 0 Å². The number of carbonyl (C=O) groups is 3. The highest BCUT2D eigenvalue weighted by Gasteiger charge is 2.39. The number of alkyl halides is 3. The van der Waals surface area contributed by atoms with Crippen molar-refractivity contribution in [3.63, 3.8) is 0 Å². The molecule has 3 heterocycles. The summed E-state index contributed by atoms with van der Waals surface area (Å²) in [5.41, 5.74) is -2.26. The van der Waals surface area contributed by atoms with Crippen LogP contribution in [0.25, 0.3) is 0 Å². The van der Waals surface area contributed by atoms with Gasteiger partial charge in [0.25, 0.3) is 11.8 Å². The van der Waals surface area contributed by atoms with Gasteiger partial charge in [-0.3, -0.25) is 14.4 Å². The molecule has 0 bridgehead atoms. The van der Waals surface area contributed by atoms with E-state index in [4.69, 9.17) is 11.6 Å². The quantitative estimate of drug-likeness (QED) is 0.377. The van der Waals surface area contributed by atoms with Crippen LogP contribution in [-0.4, -0.2) is 53.2 Å². The van der Waals surface area contributed by atoms with Crippen LogP contribution in [0.4, 0.5) is 27.8 Å². The maximum atomic E-state index is 14.2. The van der Waals surface area contributed by atoms with Gasteiger partial charge in [-0.2, -0.15) is 13.2 Å². The molecule has 0 radical (unpaired) electrons. The summed E-state index contributed by atoms with van der Waals surface area (Å²) in [6.45, 7) is -0.522. The number of rotatable bonds is 5. The maximum absolute atomic E-state index is 14.2. The van der Waals surface area contributed by atoms with Crippen LogP contribution < -0.4 is 16.0 Å². The third-order valence-corrected chi connectivity index (χ3v) is 8.49. The monoisotopic (exact) mass is 617 g/mol. The van der Waals surface area contributed by atoms with Gasteiger partial charge in [0.2, 0.25) is 11.7 Å². The molecule has 10 nitrogen and oxygen atoms in total. The molecule has 3 N–H and O–H groups in total. The van der Waals surface area contributed by atoms with Crippen molar-refractivity contribution in [3.05, 3.63) is 81.3 Å². The minimum atomic E-state index is -4.96. The Kier molecular flexibility index (Phi) is 7.01. The maximum Gasteiger partial charge on any atom is 0.416 e. The van der Waals surface area contributed by atoms with Gasteiger partial charge in [-0.25, -0.2) is 22.2 Å². The average Bonchev–Trinajstić information content (AvgIpc) is 3.21. The van der Waals surface area contributed by atoms with Crippen molar-refractivity contribution in [3.8, 4) is 0 Å². The molecule has 1 unspecified atom stereocenters. The lowest BCUT2D eigenvalue weighted by atomic mass is 10.0. The van der Waals surface area contributed by atoms with Crippen molar-refractivity contribution in [2.75, 3.05) is 16.8 Å². The molecule has 0 aliphatic carbocycles. The molecule has 2 aromatic carbocycles. The van der Waals surface area contributed by atoms with Crippen LogP contribution in [0.2, 0.25) is 5.02 Å². The Labute approximate surface area is 232 Å². The first-order valence-electron chi connectivity index (χ1n) is 11.7. The minimum absolute atomic E-state index is 0.00137. The Hall–Kier alpha value is -4.05. The first kappa shape index (κ1) is 28.5. The van der Waals surface area contributed by atoms with E-state index < -0.39 is 86.8 Å². The SMILES string of the molecule is O=C1Cn2c(C(=O)NC3CS(=O)(=O)C3)nc(NC(=O)c3cc(F)cc(C(F)(F)F)c3)c2C(c2cc(F)ccc2Cl)N1. The molecule has 1 saturated heterocycles. The average molecular weight is 618 g/mol. The van der Waals surface area contributed by atoms with Gasteiger partial charge in [0.05, 0.1) is 34.8 Å². The highest BCUT2D eigenvalue weighted by atomic mass is 35.5. The molecule has 3 amide bonds. The van der Waals surface area contributed by atoms with Crippen LogP contribution in [0.5, 0.6) is 0 Å². The number of amides is 3. The number of nitrogens with zero attached hydrogens (tertiary/aromatic N) is 2. The molecule has 41 heavy (non-hydrogen) atoms. The number of carbonyl (C=O) groups excluding carboxylic acids is 3. The summed E-state index contributed by atoms with van der Waals surface area (Å²) in [6.07, 6.45) is -4.96. The molecule has 2 aliphatic heterocycles. The molecule has 2 aliphatic rings. The summed E-state index contributed by atoms with van der Waals surface area (Å²) in [4.78, 5) is 42.8. The van der Waals surface area contributed by atoms with Crippen molar-refractivity contribution >= 4 is 45.0 Å². The summed E-state index contributed by atoms with van der Waals surface area (Å²) >= 11 is 6.25. The van der Waals surface area contributed by atoms with Crippen molar-refractivity contribution in [2.24, 2.45) is 0 Å². The van der Waals surface area contributed by atoms with Gasteiger partial charge in [0.1, 0.15) is 18.2 Å². The van der Waals surface area contributed by atoms with Gasteiger partial charge in [-0.05, 0) is 36.4 Å². The number of aromatic nitrogens is 2. The highest BCUT2D eigenvalue weighted by molar-refractivity contribution is 7.92. The van der Waals surface area contributed by atoms with Gasteiger partial charge in [-0.15, -0.1) is 0 Å². The number of anilines is 1. The van der Waals surface area contributed by atoms with Crippen LogP contribution >= 0.6 is 11.6 Å².